The summed E-state index contributed by atoms with van der Waals surface area (Å²) in [7, 11) is 1.43. The average Bonchev–Trinajstić information content (AvgIpc) is 3.15. The standard InChI is InChI=1S/C17H26O3/c1-14(18)9-8-11-16-13-15(16)10-6-4-3-5-7-12-17(19)20-2/h3-4,8-9,15-16H,5-7,10-13H2,1-2H3/b4-3-,9-8+/t15-,16-/m0/s1. The zero-order valence-corrected chi connectivity index (χ0v) is 12.6. The maximum absolute atomic E-state index is 10.9. The molecule has 1 fully saturated rings. The maximum Gasteiger partial charge on any atom is 0.305 e. The van der Waals surface area contributed by atoms with E-state index in [1.807, 2.05) is 6.08 Å². The lowest BCUT2D eigenvalue weighted by molar-refractivity contribution is -0.140. The van der Waals surface area contributed by atoms with E-state index in [0.717, 1.165) is 37.5 Å². The van der Waals surface area contributed by atoms with E-state index in [4.69, 9.17) is 0 Å². The number of unbranched alkanes of at least 4 members (excludes halogenated alkanes) is 1. The van der Waals surface area contributed by atoms with Crippen LogP contribution in [0.25, 0.3) is 0 Å². The van der Waals surface area contributed by atoms with Crippen molar-refractivity contribution in [1.82, 2.24) is 0 Å². The van der Waals surface area contributed by atoms with Gasteiger partial charge >= 0.3 is 5.97 Å². The van der Waals surface area contributed by atoms with Gasteiger partial charge in [-0.1, -0.05) is 18.2 Å². The van der Waals surface area contributed by atoms with Crippen molar-refractivity contribution in [2.45, 2.75) is 51.9 Å². The molecule has 0 aliphatic heterocycles. The first-order valence-corrected chi connectivity index (χ1v) is 7.52. The summed E-state index contributed by atoms with van der Waals surface area (Å²) in [5.74, 6) is 1.64. The van der Waals surface area contributed by atoms with E-state index in [-0.39, 0.29) is 11.8 Å². The van der Waals surface area contributed by atoms with Gasteiger partial charge in [-0.3, -0.25) is 9.59 Å². The van der Waals surface area contributed by atoms with Crippen LogP contribution in [-0.2, 0) is 14.3 Å². The van der Waals surface area contributed by atoms with Crippen molar-refractivity contribution >= 4 is 11.8 Å². The molecule has 1 saturated carbocycles. The second-order valence-electron chi connectivity index (χ2n) is 5.52. The Kier molecular flexibility index (Phi) is 7.93. The SMILES string of the molecule is COC(=O)CCC/C=C\CC[C@H]1C[C@@H]1C/C=C/C(C)=O. The number of carbonyl (C=O) groups excluding carboxylic acids is 2. The van der Waals surface area contributed by atoms with Crippen LogP contribution in [0.5, 0.6) is 0 Å². The summed E-state index contributed by atoms with van der Waals surface area (Å²) < 4.78 is 4.59. The lowest BCUT2D eigenvalue weighted by Crippen LogP contribution is -1.98. The highest BCUT2D eigenvalue weighted by molar-refractivity contribution is 5.87. The Morgan fingerprint density at radius 1 is 1.15 bits per heavy atom. The Labute approximate surface area is 122 Å². The van der Waals surface area contributed by atoms with Crippen LogP contribution in [-0.4, -0.2) is 18.9 Å². The summed E-state index contributed by atoms with van der Waals surface area (Å²) in [4.78, 5) is 21.7. The normalized spacial score (nSPS) is 21.5. The van der Waals surface area contributed by atoms with Gasteiger partial charge in [0.1, 0.15) is 0 Å². The molecule has 0 amide bonds. The van der Waals surface area contributed by atoms with Gasteiger partial charge in [0.25, 0.3) is 0 Å². The van der Waals surface area contributed by atoms with Crippen molar-refractivity contribution in [3.8, 4) is 0 Å². The van der Waals surface area contributed by atoms with Gasteiger partial charge in [0, 0.05) is 6.42 Å². The van der Waals surface area contributed by atoms with Gasteiger partial charge in [-0.25, -0.2) is 0 Å². The first-order valence-electron chi connectivity index (χ1n) is 7.52. The molecule has 0 aromatic carbocycles. The van der Waals surface area contributed by atoms with Crippen LogP contribution in [0.3, 0.4) is 0 Å². The van der Waals surface area contributed by atoms with E-state index >= 15 is 0 Å². The number of ketones is 1. The molecule has 0 saturated heterocycles. The molecular weight excluding hydrogens is 252 g/mol. The van der Waals surface area contributed by atoms with Crippen molar-refractivity contribution in [1.29, 1.82) is 0 Å². The van der Waals surface area contributed by atoms with Gasteiger partial charge in [-0.2, -0.15) is 0 Å². The number of allylic oxidation sites excluding steroid dienone is 4. The molecule has 0 aromatic rings. The first kappa shape index (κ1) is 16.7. The summed E-state index contributed by atoms with van der Waals surface area (Å²) in [5.41, 5.74) is 0. The molecule has 1 aliphatic carbocycles. The Hall–Kier alpha value is -1.38. The third kappa shape index (κ3) is 7.93. The molecular formula is C17H26O3. The van der Waals surface area contributed by atoms with Crippen LogP contribution >= 0.6 is 0 Å². The molecule has 112 valence electrons. The van der Waals surface area contributed by atoms with E-state index in [0.29, 0.717) is 6.42 Å². The van der Waals surface area contributed by atoms with E-state index in [9.17, 15) is 9.59 Å². The van der Waals surface area contributed by atoms with Crippen molar-refractivity contribution in [3.05, 3.63) is 24.3 Å². The topological polar surface area (TPSA) is 43.4 Å². The summed E-state index contributed by atoms with van der Waals surface area (Å²) in [5, 5.41) is 0. The molecule has 0 unspecified atom stereocenters. The number of methoxy groups -OCH3 is 1. The van der Waals surface area contributed by atoms with Gasteiger partial charge in [0.2, 0.25) is 0 Å². The minimum Gasteiger partial charge on any atom is -0.469 e. The summed E-state index contributed by atoms with van der Waals surface area (Å²) in [6, 6.07) is 0. The minimum absolute atomic E-state index is 0.127. The molecule has 0 radical (unpaired) electrons. The van der Waals surface area contributed by atoms with Gasteiger partial charge < -0.3 is 4.74 Å². The van der Waals surface area contributed by atoms with Crippen molar-refractivity contribution in [2.75, 3.05) is 7.11 Å². The molecule has 1 aliphatic rings. The fourth-order valence-electron chi connectivity index (χ4n) is 2.37. The quantitative estimate of drug-likeness (QED) is 0.264. The number of carbonyl (C=O) groups is 2. The third-order valence-electron chi connectivity index (χ3n) is 3.71. The summed E-state index contributed by atoms with van der Waals surface area (Å²) in [6.07, 6.45) is 15.1. The molecule has 2 atom stereocenters. The van der Waals surface area contributed by atoms with E-state index in [1.165, 1.54) is 20.0 Å². The maximum atomic E-state index is 10.9. The van der Waals surface area contributed by atoms with E-state index in [2.05, 4.69) is 16.9 Å². The molecule has 0 bridgehead atoms. The van der Waals surface area contributed by atoms with Crippen molar-refractivity contribution in [3.63, 3.8) is 0 Å². The van der Waals surface area contributed by atoms with Gasteiger partial charge in [0.15, 0.2) is 5.78 Å². The number of ether oxygens (including phenoxy) is 1. The van der Waals surface area contributed by atoms with Crippen LogP contribution < -0.4 is 0 Å². The van der Waals surface area contributed by atoms with Crippen LogP contribution in [0.15, 0.2) is 24.3 Å². The molecule has 0 aromatic heterocycles. The van der Waals surface area contributed by atoms with Gasteiger partial charge in [-0.15, -0.1) is 0 Å². The molecule has 3 nitrogen and oxygen atoms in total. The Balaban J connectivity index is 1.95. The predicted molar refractivity (Wildman–Crippen MR) is 80.3 cm³/mol. The number of rotatable bonds is 10. The Morgan fingerprint density at radius 3 is 2.60 bits per heavy atom. The molecule has 20 heavy (non-hydrogen) atoms. The van der Waals surface area contributed by atoms with Crippen LogP contribution in [0.1, 0.15) is 51.9 Å². The smallest absolute Gasteiger partial charge is 0.305 e. The van der Waals surface area contributed by atoms with Crippen molar-refractivity contribution in [2.24, 2.45) is 11.8 Å². The number of esters is 1. The minimum atomic E-state index is -0.127. The summed E-state index contributed by atoms with van der Waals surface area (Å²) in [6.45, 7) is 1.59. The van der Waals surface area contributed by atoms with Gasteiger partial charge in [0.05, 0.1) is 7.11 Å². The largest absolute Gasteiger partial charge is 0.469 e. The zero-order chi connectivity index (χ0) is 14.8. The van der Waals surface area contributed by atoms with Crippen LogP contribution in [0, 0.1) is 11.8 Å². The lowest BCUT2D eigenvalue weighted by atomic mass is 10.1. The fourth-order valence-corrected chi connectivity index (χ4v) is 2.37. The van der Waals surface area contributed by atoms with Crippen LogP contribution in [0.4, 0.5) is 0 Å². The lowest BCUT2D eigenvalue weighted by Gasteiger charge is -1.96. The number of hydrogen-bond donors (Lipinski definition) is 0. The second-order valence-corrected chi connectivity index (χ2v) is 5.52. The number of hydrogen-bond acceptors (Lipinski definition) is 3. The molecule has 0 N–H and O–H groups in total. The van der Waals surface area contributed by atoms with Gasteiger partial charge in [-0.05, 0) is 63.4 Å². The monoisotopic (exact) mass is 278 g/mol. The van der Waals surface area contributed by atoms with Crippen LogP contribution in [0.2, 0.25) is 0 Å². The second kappa shape index (κ2) is 9.51. The molecule has 0 heterocycles. The highest BCUT2D eigenvalue weighted by atomic mass is 16.5. The average molecular weight is 278 g/mol. The van der Waals surface area contributed by atoms with E-state index < -0.39 is 0 Å². The first-order chi connectivity index (χ1) is 9.63. The molecule has 1 rings (SSSR count). The fraction of sp³-hybridized carbons (Fsp3) is 0.647. The highest BCUT2D eigenvalue weighted by Crippen LogP contribution is 2.44. The van der Waals surface area contributed by atoms with E-state index in [1.54, 1.807) is 13.0 Å². The molecule has 0 spiro atoms. The molecule has 3 heteroatoms. The Bertz CT molecular complexity index is 368. The highest BCUT2D eigenvalue weighted by Gasteiger charge is 2.34. The van der Waals surface area contributed by atoms with Crippen molar-refractivity contribution < 1.29 is 14.3 Å². The third-order valence-corrected chi connectivity index (χ3v) is 3.71. The Morgan fingerprint density at radius 2 is 1.90 bits per heavy atom. The summed E-state index contributed by atoms with van der Waals surface area (Å²) >= 11 is 0. The predicted octanol–water partition coefficient (Wildman–Crippen LogP) is 3.84. The zero-order valence-electron chi connectivity index (χ0n) is 12.6.